The largest absolute Gasteiger partial charge is 0.481 e. The molecule has 1 heterocycles. The molecule has 8 N–H and O–H groups in total. The third-order valence-corrected chi connectivity index (χ3v) is 5.85. The predicted octanol–water partition coefficient (Wildman–Crippen LogP) is -0.0745. The van der Waals surface area contributed by atoms with Crippen molar-refractivity contribution in [1.82, 2.24) is 20.9 Å². The number of nitrogens with one attached hydrogen (secondary N) is 4. The summed E-state index contributed by atoms with van der Waals surface area (Å²) in [5, 5.41) is 27.0. The van der Waals surface area contributed by atoms with Crippen molar-refractivity contribution in [2.24, 2.45) is 5.73 Å². The molecule has 12 heteroatoms. The Labute approximate surface area is 217 Å². The first kappa shape index (κ1) is 27.9. The molecule has 3 atom stereocenters. The van der Waals surface area contributed by atoms with Crippen LogP contribution in [0.25, 0.3) is 10.9 Å². The first-order valence-corrected chi connectivity index (χ1v) is 11.8. The molecule has 0 radical (unpaired) electrons. The van der Waals surface area contributed by atoms with Crippen LogP contribution < -0.4 is 21.7 Å². The molecule has 2 aromatic carbocycles. The lowest BCUT2D eigenvalue weighted by molar-refractivity contribution is -0.143. The van der Waals surface area contributed by atoms with Crippen molar-refractivity contribution in [3.05, 3.63) is 71.9 Å². The Morgan fingerprint density at radius 2 is 1.42 bits per heavy atom. The van der Waals surface area contributed by atoms with Gasteiger partial charge in [-0.3, -0.25) is 19.2 Å². The fourth-order valence-corrected chi connectivity index (χ4v) is 3.96. The van der Waals surface area contributed by atoms with E-state index in [2.05, 4.69) is 20.9 Å². The number of para-hydroxylation sites is 1. The molecule has 0 saturated heterocycles. The average Bonchev–Trinajstić information content (AvgIpc) is 3.30. The van der Waals surface area contributed by atoms with Gasteiger partial charge >= 0.3 is 11.9 Å². The van der Waals surface area contributed by atoms with Crippen molar-refractivity contribution >= 4 is 40.6 Å². The van der Waals surface area contributed by atoms with Crippen molar-refractivity contribution in [2.45, 2.75) is 37.4 Å². The van der Waals surface area contributed by atoms with Gasteiger partial charge in [-0.25, -0.2) is 4.79 Å². The number of carboxylic acid groups (broad SMARTS) is 2. The van der Waals surface area contributed by atoms with Gasteiger partial charge in [0.15, 0.2) is 0 Å². The van der Waals surface area contributed by atoms with E-state index in [-0.39, 0.29) is 12.8 Å². The van der Waals surface area contributed by atoms with Gasteiger partial charge in [-0.1, -0.05) is 48.5 Å². The molecule has 0 spiro atoms. The average molecular weight is 524 g/mol. The van der Waals surface area contributed by atoms with Crippen LogP contribution in [0.3, 0.4) is 0 Å². The van der Waals surface area contributed by atoms with Gasteiger partial charge in [0.2, 0.25) is 17.7 Å². The van der Waals surface area contributed by atoms with Crippen LogP contribution in [0.4, 0.5) is 0 Å². The van der Waals surface area contributed by atoms with Crippen LogP contribution in [0.15, 0.2) is 60.8 Å². The number of hydrogen-bond donors (Lipinski definition) is 7. The Morgan fingerprint density at radius 3 is 2.08 bits per heavy atom. The number of aromatic amines is 1. The van der Waals surface area contributed by atoms with E-state index in [1.807, 2.05) is 24.3 Å². The van der Waals surface area contributed by atoms with E-state index < -0.39 is 60.8 Å². The minimum Gasteiger partial charge on any atom is -0.481 e. The van der Waals surface area contributed by atoms with Gasteiger partial charge in [-0.2, -0.15) is 0 Å². The molecular weight excluding hydrogens is 494 g/mol. The molecule has 12 nitrogen and oxygen atoms in total. The van der Waals surface area contributed by atoms with E-state index in [4.69, 9.17) is 10.8 Å². The molecule has 3 amide bonds. The van der Waals surface area contributed by atoms with Crippen LogP contribution in [-0.4, -0.2) is 69.5 Å². The van der Waals surface area contributed by atoms with E-state index in [1.54, 1.807) is 36.5 Å². The Morgan fingerprint density at radius 1 is 0.789 bits per heavy atom. The quantitative estimate of drug-likeness (QED) is 0.161. The van der Waals surface area contributed by atoms with Crippen molar-refractivity contribution in [3.8, 4) is 0 Å². The van der Waals surface area contributed by atoms with Gasteiger partial charge < -0.3 is 36.9 Å². The minimum atomic E-state index is -1.49. The number of carboxylic acids is 2. The normalized spacial score (nSPS) is 13.2. The second-order valence-corrected chi connectivity index (χ2v) is 8.64. The summed E-state index contributed by atoms with van der Waals surface area (Å²) in [5.41, 5.74) is 7.43. The molecule has 0 aliphatic heterocycles. The molecule has 0 saturated carbocycles. The molecule has 0 fully saturated rings. The molecule has 200 valence electrons. The van der Waals surface area contributed by atoms with Gasteiger partial charge in [0.1, 0.15) is 18.1 Å². The Hall–Kier alpha value is -4.71. The summed E-state index contributed by atoms with van der Waals surface area (Å²) in [6, 6.07) is 11.9. The summed E-state index contributed by atoms with van der Waals surface area (Å²) >= 11 is 0. The third kappa shape index (κ3) is 7.64. The maximum atomic E-state index is 13.3. The second kappa shape index (κ2) is 13.0. The van der Waals surface area contributed by atoms with Crippen LogP contribution in [0.1, 0.15) is 17.5 Å². The number of rotatable bonds is 13. The molecule has 3 unspecified atom stereocenters. The van der Waals surface area contributed by atoms with Crippen molar-refractivity contribution < 1.29 is 34.2 Å². The summed E-state index contributed by atoms with van der Waals surface area (Å²) in [6.45, 7) is -0.467. The smallest absolute Gasteiger partial charge is 0.326 e. The van der Waals surface area contributed by atoms with E-state index in [0.717, 1.165) is 10.9 Å². The number of fused-ring (bicyclic) bond motifs is 1. The lowest BCUT2D eigenvalue weighted by Crippen LogP contribution is -2.57. The van der Waals surface area contributed by atoms with E-state index in [1.165, 1.54) is 0 Å². The van der Waals surface area contributed by atoms with Crippen LogP contribution in [0, 0.1) is 0 Å². The first-order chi connectivity index (χ1) is 18.2. The maximum Gasteiger partial charge on any atom is 0.326 e. The number of carbonyl (C=O) groups excluding carboxylic acids is 3. The summed E-state index contributed by atoms with van der Waals surface area (Å²) in [7, 11) is 0. The number of nitrogens with two attached hydrogens (primary N) is 1. The number of aromatic nitrogens is 1. The van der Waals surface area contributed by atoms with Gasteiger partial charge in [-0.15, -0.1) is 0 Å². The SMILES string of the molecule is NCC(=O)NC(CC(=O)O)C(=O)NC(Cc1ccccc1)C(=O)NC(Cc1c[nH]c2ccccc12)C(=O)O. The third-order valence-electron chi connectivity index (χ3n) is 5.85. The summed E-state index contributed by atoms with van der Waals surface area (Å²) in [5.74, 6) is -5.08. The van der Waals surface area contributed by atoms with E-state index in [0.29, 0.717) is 11.1 Å². The molecule has 0 bridgehead atoms. The van der Waals surface area contributed by atoms with E-state index in [9.17, 15) is 29.1 Å². The van der Waals surface area contributed by atoms with Crippen LogP contribution in [0.5, 0.6) is 0 Å². The highest BCUT2D eigenvalue weighted by Crippen LogP contribution is 2.19. The topological polar surface area (TPSA) is 204 Å². The van der Waals surface area contributed by atoms with Crippen molar-refractivity contribution in [3.63, 3.8) is 0 Å². The standard InChI is InChI=1S/C26H29N5O7/c27-13-22(32)29-20(12-23(33)34)25(36)30-19(10-15-6-2-1-3-7-15)24(35)31-21(26(37)38)11-16-14-28-18-9-5-4-8-17(16)18/h1-9,14,19-21,28H,10-13,27H2,(H,29,32)(H,30,36)(H,31,35)(H,33,34)(H,37,38). The molecule has 3 rings (SSSR count). The van der Waals surface area contributed by atoms with Crippen LogP contribution in [0.2, 0.25) is 0 Å². The molecule has 0 aliphatic carbocycles. The predicted molar refractivity (Wildman–Crippen MR) is 137 cm³/mol. The molecule has 1 aromatic heterocycles. The lowest BCUT2D eigenvalue weighted by atomic mass is 10.0. The zero-order valence-electron chi connectivity index (χ0n) is 20.3. The molecule has 0 aliphatic rings. The summed E-state index contributed by atoms with van der Waals surface area (Å²) in [6.07, 6.45) is 0.899. The van der Waals surface area contributed by atoms with Gasteiger partial charge in [0.25, 0.3) is 0 Å². The zero-order chi connectivity index (χ0) is 27.7. The second-order valence-electron chi connectivity index (χ2n) is 8.64. The highest BCUT2D eigenvalue weighted by molar-refractivity contribution is 5.95. The number of hydrogen-bond acceptors (Lipinski definition) is 6. The zero-order valence-corrected chi connectivity index (χ0v) is 20.3. The number of benzene rings is 2. The minimum absolute atomic E-state index is 0.0114. The monoisotopic (exact) mass is 523 g/mol. The molecule has 3 aromatic rings. The molecule has 38 heavy (non-hydrogen) atoms. The Balaban J connectivity index is 1.81. The maximum absolute atomic E-state index is 13.3. The summed E-state index contributed by atoms with van der Waals surface area (Å²) in [4.78, 5) is 64.3. The summed E-state index contributed by atoms with van der Waals surface area (Å²) < 4.78 is 0. The van der Waals surface area contributed by atoms with Crippen molar-refractivity contribution in [1.29, 1.82) is 0 Å². The van der Waals surface area contributed by atoms with E-state index >= 15 is 0 Å². The highest BCUT2D eigenvalue weighted by atomic mass is 16.4. The van der Waals surface area contributed by atoms with Crippen LogP contribution >= 0.6 is 0 Å². The van der Waals surface area contributed by atoms with Gasteiger partial charge in [-0.05, 0) is 17.2 Å². The molecular formula is C26H29N5O7. The number of aliphatic carboxylic acids is 2. The number of amides is 3. The fraction of sp³-hybridized carbons (Fsp3) is 0.269. The first-order valence-electron chi connectivity index (χ1n) is 11.8. The Kier molecular flexibility index (Phi) is 9.54. The number of carbonyl (C=O) groups is 5. The lowest BCUT2D eigenvalue weighted by Gasteiger charge is -2.24. The number of H-pyrrole nitrogens is 1. The highest BCUT2D eigenvalue weighted by Gasteiger charge is 2.31. The van der Waals surface area contributed by atoms with Crippen LogP contribution in [-0.2, 0) is 36.8 Å². The van der Waals surface area contributed by atoms with Gasteiger partial charge in [0.05, 0.1) is 13.0 Å². The Bertz CT molecular complexity index is 1310. The fourth-order valence-electron chi connectivity index (χ4n) is 3.96. The van der Waals surface area contributed by atoms with Crippen molar-refractivity contribution in [2.75, 3.05) is 6.54 Å². The van der Waals surface area contributed by atoms with Gasteiger partial charge in [0, 0.05) is 29.9 Å².